The van der Waals surface area contributed by atoms with Gasteiger partial charge in [0.1, 0.15) is 6.26 Å². The fourth-order valence-electron chi connectivity index (χ4n) is 2.60. The molecule has 0 saturated carbocycles. The second-order valence-corrected chi connectivity index (χ2v) is 9.24. The molecule has 0 radical (unpaired) electrons. The summed E-state index contributed by atoms with van der Waals surface area (Å²) in [6, 6.07) is 14.3. The van der Waals surface area contributed by atoms with Crippen molar-refractivity contribution in [1.29, 1.82) is 0 Å². The summed E-state index contributed by atoms with van der Waals surface area (Å²) in [5, 5.41) is -0.418. The maximum atomic E-state index is 12.5. The smallest absolute Gasteiger partial charge is 0.225 e. The number of hydrogen-bond donors (Lipinski definition) is 0. The third-order valence-corrected chi connectivity index (χ3v) is 6.53. The van der Waals surface area contributed by atoms with Crippen LogP contribution in [0.2, 0.25) is 0 Å². The first-order chi connectivity index (χ1) is 12.8. The second-order valence-electron chi connectivity index (χ2n) is 6.69. The minimum Gasteiger partial charge on any atom is -0.445 e. The number of carbonyl (C=O) groups is 1. The highest BCUT2D eigenvalue weighted by Crippen LogP contribution is 2.19. The number of sulfone groups is 1. The lowest BCUT2D eigenvalue weighted by atomic mass is 10.0. The molecule has 1 aromatic heterocycles. The summed E-state index contributed by atoms with van der Waals surface area (Å²) in [7, 11) is -3.15. The number of hydrogen-bond acceptors (Lipinski definition) is 5. The maximum absolute atomic E-state index is 12.5. The molecule has 0 aliphatic rings. The molecular formula is C21H21NO4S. The number of benzene rings is 2. The molecule has 0 bridgehead atoms. The highest BCUT2D eigenvalue weighted by atomic mass is 32.2. The average molecular weight is 383 g/mol. The third-order valence-electron chi connectivity index (χ3n) is 4.36. The van der Waals surface area contributed by atoms with Gasteiger partial charge in [-0.05, 0) is 37.1 Å². The van der Waals surface area contributed by atoms with Gasteiger partial charge in [0.05, 0.1) is 17.2 Å². The Labute approximate surface area is 159 Å². The minimum absolute atomic E-state index is 0.0125. The van der Waals surface area contributed by atoms with Crippen molar-refractivity contribution in [2.75, 3.05) is 0 Å². The van der Waals surface area contributed by atoms with Crippen LogP contribution in [0.1, 0.15) is 35.3 Å². The number of oxazole rings is 1. The molecule has 0 saturated heterocycles. The number of ketones is 1. The molecule has 5 nitrogen and oxygen atoms in total. The van der Waals surface area contributed by atoms with E-state index in [0.717, 1.165) is 11.1 Å². The van der Waals surface area contributed by atoms with E-state index in [-0.39, 0.29) is 18.0 Å². The first kappa shape index (κ1) is 19.0. The Bertz CT molecular complexity index is 1000. The topological polar surface area (TPSA) is 77.2 Å². The van der Waals surface area contributed by atoms with Crippen molar-refractivity contribution < 1.29 is 17.6 Å². The molecule has 0 aliphatic heterocycles. The Kier molecular flexibility index (Phi) is 5.56. The summed E-state index contributed by atoms with van der Waals surface area (Å²) in [4.78, 5) is 16.6. The fraction of sp³-hybridized carbons (Fsp3) is 0.238. The van der Waals surface area contributed by atoms with Crippen molar-refractivity contribution >= 4 is 15.6 Å². The molecule has 140 valence electrons. The van der Waals surface area contributed by atoms with Gasteiger partial charge in [0.15, 0.2) is 15.6 Å². The van der Waals surface area contributed by atoms with Crippen molar-refractivity contribution in [3.05, 3.63) is 77.7 Å². The van der Waals surface area contributed by atoms with Crippen LogP contribution in [0.3, 0.4) is 0 Å². The Balaban J connectivity index is 1.66. The van der Waals surface area contributed by atoms with Crippen LogP contribution in [0.15, 0.2) is 65.4 Å². The van der Waals surface area contributed by atoms with Gasteiger partial charge in [-0.1, -0.05) is 36.4 Å². The summed E-state index contributed by atoms with van der Waals surface area (Å²) in [5.74, 6) is 0.512. The zero-order valence-corrected chi connectivity index (χ0v) is 16.1. The molecule has 0 aliphatic carbocycles. The van der Waals surface area contributed by atoms with E-state index in [1.165, 1.54) is 6.26 Å². The van der Waals surface area contributed by atoms with E-state index in [1.54, 1.807) is 44.3 Å². The lowest BCUT2D eigenvalue weighted by molar-refractivity contribution is 0.0993. The van der Waals surface area contributed by atoms with Crippen molar-refractivity contribution in [3.8, 4) is 11.5 Å². The normalized spacial score (nSPS) is 11.7. The molecule has 3 rings (SSSR count). The van der Waals surface area contributed by atoms with Crippen LogP contribution in [0.4, 0.5) is 0 Å². The van der Waals surface area contributed by atoms with Crippen LogP contribution in [-0.2, 0) is 22.0 Å². The molecule has 0 spiro atoms. The van der Waals surface area contributed by atoms with Gasteiger partial charge >= 0.3 is 0 Å². The highest BCUT2D eigenvalue weighted by molar-refractivity contribution is 7.91. The molecule has 0 atom stereocenters. The quantitative estimate of drug-likeness (QED) is 0.574. The van der Waals surface area contributed by atoms with Gasteiger partial charge in [-0.25, -0.2) is 13.4 Å². The van der Waals surface area contributed by atoms with Gasteiger partial charge in [-0.15, -0.1) is 0 Å². The first-order valence-corrected chi connectivity index (χ1v) is 10.4. The van der Waals surface area contributed by atoms with Gasteiger partial charge in [0.25, 0.3) is 0 Å². The summed E-state index contributed by atoms with van der Waals surface area (Å²) in [5.41, 5.74) is 3.00. The second kappa shape index (κ2) is 7.88. The lowest BCUT2D eigenvalue weighted by Crippen LogP contribution is -2.16. The number of Topliss-reactive ketones (excluding diaryl/α,β-unsaturated/α-hetero) is 1. The van der Waals surface area contributed by atoms with Crippen molar-refractivity contribution in [3.63, 3.8) is 0 Å². The Hall–Kier alpha value is -2.73. The van der Waals surface area contributed by atoms with E-state index in [9.17, 15) is 13.2 Å². The van der Waals surface area contributed by atoms with E-state index < -0.39 is 15.1 Å². The molecule has 27 heavy (non-hydrogen) atoms. The molecule has 0 fully saturated rings. The highest BCUT2D eigenvalue weighted by Gasteiger charge is 2.17. The van der Waals surface area contributed by atoms with E-state index >= 15 is 0 Å². The lowest BCUT2D eigenvalue weighted by Gasteiger charge is -2.08. The summed E-state index contributed by atoms with van der Waals surface area (Å²) < 4.78 is 29.2. The van der Waals surface area contributed by atoms with Crippen molar-refractivity contribution in [1.82, 2.24) is 4.98 Å². The monoisotopic (exact) mass is 383 g/mol. The zero-order chi connectivity index (χ0) is 19.4. The van der Waals surface area contributed by atoms with Crippen molar-refractivity contribution in [2.45, 2.75) is 31.3 Å². The molecule has 0 unspecified atom stereocenters. The van der Waals surface area contributed by atoms with Gasteiger partial charge in [-0.2, -0.15) is 0 Å². The fourth-order valence-corrected chi connectivity index (χ4v) is 3.59. The minimum atomic E-state index is -3.15. The average Bonchev–Trinajstić information content (AvgIpc) is 3.17. The number of aromatic nitrogens is 1. The molecule has 1 heterocycles. The number of carbonyl (C=O) groups excluding carboxylic acids is 1. The molecule has 0 amide bonds. The van der Waals surface area contributed by atoms with Crippen LogP contribution in [0.5, 0.6) is 0 Å². The van der Waals surface area contributed by atoms with Crippen LogP contribution in [0, 0.1) is 0 Å². The van der Waals surface area contributed by atoms with Gasteiger partial charge in [0.2, 0.25) is 5.89 Å². The van der Waals surface area contributed by atoms with Crippen molar-refractivity contribution in [2.24, 2.45) is 0 Å². The third kappa shape index (κ3) is 4.71. The van der Waals surface area contributed by atoms with Gasteiger partial charge in [-0.3, -0.25) is 4.79 Å². The SMILES string of the molecule is CC(C)S(=O)(=O)Cc1ccc(C(=O)Cc2ccc(-c3ncco3)cc2)cc1. The predicted molar refractivity (Wildman–Crippen MR) is 104 cm³/mol. The summed E-state index contributed by atoms with van der Waals surface area (Å²) in [6.07, 6.45) is 3.38. The van der Waals surface area contributed by atoms with Gasteiger partial charge in [0, 0.05) is 17.5 Å². The standard InChI is InChI=1S/C21H21NO4S/c1-15(2)27(24,25)14-17-5-7-18(8-6-17)20(23)13-16-3-9-19(10-4-16)21-22-11-12-26-21/h3-12,15H,13-14H2,1-2H3. The maximum Gasteiger partial charge on any atom is 0.225 e. The largest absolute Gasteiger partial charge is 0.445 e. The Morgan fingerprint density at radius 1 is 1.00 bits per heavy atom. The van der Waals surface area contributed by atoms with Crippen LogP contribution in [0.25, 0.3) is 11.5 Å². The van der Waals surface area contributed by atoms with E-state index in [0.29, 0.717) is 17.0 Å². The van der Waals surface area contributed by atoms with Crippen LogP contribution >= 0.6 is 0 Å². The molecule has 6 heteroatoms. The first-order valence-electron chi connectivity index (χ1n) is 8.67. The van der Waals surface area contributed by atoms with Gasteiger partial charge < -0.3 is 4.42 Å². The molecule has 2 aromatic carbocycles. The predicted octanol–water partition coefficient (Wildman–Crippen LogP) is 4.09. The Morgan fingerprint density at radius 3 is 2.19 bits per heavy atom. The molecule has 0 N–H and O–H groups in total. The Morgan fingerprint density at radius 2 is 1.63 bits per heavy atom. The summed E-state index contributed by atoms with van der Waals surface area (Å²) >= 11 is 0. The number of rotatable bonds is 7. The molecule has 3 aromatic rings. The summed E-state index contributed by atoms with van der Waals surface area (Å²) in [6.45, 7) is 3.33. The van der Waals surface area contributed by atoms with Crippen LogP contribution < -0.4 is 0 Å². The molecular weight excluding hydrogens is 362 g/mol. The van der Waals surface area contributed by atoms with Crippen LogP contribution in [-0.4, -0.2) is 24.4 Å². The number of nitrogens with zero attached hydrogens (tertiary/aromatic N) is 1. The zero-order valence-electron chi connectivity index (χ0n) is 15.3. The van der Waals surface area contributed by atoms with E-state index in [4.69, 9.17) is 4.42 Å². The van der Waals surface area contributed by atoms with E-state index in [2.05, 4.69) is 4.98 Å². The van der Waals surface area contributed by atoms with E-state index in [1.807, 2.05) is 24.3 Å².